The van der Waals surface area contributed by atoms with Crippen molar-refractivity contribution in [3.8, 4) is 0 Å². The van der Waals surface area contributed by atoms with Crippen LogP contribution in [0.2, 0.25) is 0 Å². The van der Waals surface area contributed by atoms with Crippen LogP contribution in [0, 0.1) is 5.41 Å². The smallest absolute Gasteiger partial charge is 0.323 e. The zero-order chi connectivity index (χ0) is 17.0. The lowest BCUT2D eigenvalue weighted by atomic mass is 9.87. The molecule has 1 saturated heterocycles. The van der Waals surface area contributed by atoms with Gasteiger partial charge in [-0.3, -0.25) is 14.4 Å². The Morgan fingerprint density at radius 3 is 2.35 bits per heavy atom. The highest BCUT2D eigenvalue weighted by Gasteiger charge is 2.39. The number of hydrogen-bond donors (Lipinski definition) is 1. The van der Waals surface area contributed by atoms with Crippen molar-refractivity contribution in [2.75, 3.05) is 19.6 Å². The summed E-state index contributed by atoms with van der Waals surface area (Å²) >= 11 is 0. The minimum atomic E-state index is -0.990. The molecular formula is C17H28N2O4. The van der Waals surface area contributed by atoms with Crippen molar-refractivity contribution in [2.24, 2.45) is 5.41 Å². The van der Waals surface area contributed by atoms with Crippen molar-refractivity contribution in [1.29, 1.82) is 0 Å². The third-order valence-corrected chi connectivity index (χ3v) is 5.36. The van der Waals surface area contributed by atoms with Crippen LogP contribution in [0.5, 0.6) is 0 Å². The van der Waals surface area contributed by atoms with Crippen molar-refractivity contribution < 1.29 is 19.5 Å². The Morgan fingerprint density at radius 1 is 1.13 bits per heavy atom. The maximum Gasteiger partial charge on any atom is 0.323 e. The van der Waals surface area contributed by atoms with Crippen LogP contribution in [0.3, 0.4) is 0 Å². The zero-order valence-electron chi connectivity index (χ0n) is 14.2. The van der Waals surface area contributed by atoms with Crippen molar-refractivity contribution in [1.82, 2.24) is 9.80 Å². The van der Waals surface area contributed by atoms with Gasteiger partial charge in [0.05, 0.1) is 0 Å². The number of carboxylic acid groups (broad SMARTS) is 1. The lowest BCUT2D eigenvalue weighted by Gasteiger charge is -2.32. The van der Waals surface area contributed by atoms with Gasteiger partial charge >= 0.3 is 5.97 Å². The van der Waals surface area contributed by atoms with Crippen LogP contribution in [0.4, 0.5) is 0 Å². The van der Waals surface area contributed by atoms with Crippen LogP contribution < -0.4 is 0 Å². The average Bonchev–Trinajstić information content (AvgIpc) is 2.80. The molecule has 1 saturated carbocycles. The molecule has 1 N–H and O–H groups in total. The SMILES string of the molecule is CC(=O)N(CC(=O)O)C1CCCN(C(=O)C2(C)CCCC2)CC1. The second-order valence-electron chi connectivity index (χ2n) is 7.19. The van der Waals surface area contributed by atoms with E-state index in [9.17, 15) is 14.4 Å². The molecular weight excluding hydrogens is 296 g/mol. The van der Waals surface area contributed by atoms with Gasteiger partial charge in [-0.15, -0.1) is 0 Å². The molecule has 0 radical (unpaired) electrons. The Kier molecular flexibility index (Phi) is 5.65. The van der Waals surface area contributed by atoms with E-state index >= 15 is 0 Å². The molecule has 0 bridgehead atoms. The molecule has 0 aromatic carbocycles. The average molecular weight is 324 g/mol. The highest BCUT2D eigenvalue weighted by Crippen LogP contribution is 2.39. The first-order valence-electron chi connectivity index (χ1n) is 8.62. The van der Waals surface area contributed by atoms with Gasteiger partial charge in [0.15, 0.2) is 0 Å². The van der Waals surface area contributed by atoms with Gasteiger partial charge in [-0.05, 0) is 32.1 Å². The number of nitrogens with zero attached hydrogens (tertiary/aromatic N) is 2. The van der Waals surface area contributed by atoms with Gasteiger partial charge in [0, 0.05) is 31.5 Å². The summed E-state index contributed by atoms with van der Waals surface area (Å²) in [5.41, 5.74) is -0.221. The van der Waals surface area contributed by atoms with Crippen molar-refractivity contribution in [2.45, 2.75) is 64.8 Å². The van der Waals surface area contributed by atoms with Gasteiger partial charge in [0.25, 0.3) is 0 Å². The summed E-state index contributed by atoms with van der Waals surface area (Å²) in [6, 6.07) is -0.0854. The fourth-order valence-electron chi connectivity index (χ4n) is 3.99. The Hall–Kier alpha value is -1.59. The van der Waals surface area contributed by atoms with Gasteiger partial charge in [0.1, 0.15) is 6.54 Å². The molecule has 0 spiro atoms. The van der Waals surface area contributed by atoms with E-state index < -0.39 is 5.97 Å². The van der Waals surface area contributed by atoms with E-state index in [1.54, 1.807) is 0 Å². The number of carbonyl (C=O) groups is 3. The first kappa shape index (κ1) is 17.8. The van der Waals surface area contributed by atoms with E-state index in [4.69, 9.17) is 5.11 Å². The van der Waals surface area contributed by atoms with E-state index in [0.717, 1.165) is 38.5 Å². The van der Waals surface area contributed by atoms with Gasteiger partial charge in [0.2, 0.25) is 11.8 Å². The second-order valence-corrected chi connectivity index (χ2v) is 7.19. The molecule has 6 heteroatoms. The largest absolute Gasteiger partial charge is 0.480 e. The second kappa shape index (κ2) is 7.32. The molecule has 2 fully saturated rings. The third kappa shape index (κ3) is 4.24. The van der Waals surface area contributed by atoms with E-state index in [0.29, 0.717) is 19.5 Å². The van der Waals surface area contributed by atoms with Crippen molar-refractivity contribution >= 4 is 17.8 Å². The Morgan fingerprint density at radius 2 is 1.78 bits per heavy atom. The van der Waals surface area contributed by atoms with E-state index in [1.165, 1.54) is 11.8 Å². The highest BCUT2D eigenvalue weighted by molar-refractivity contribution is 5.83. The molecule has 23 heavy (non-hydrogen) atoms. The Balaban J connectivity index is 1.99. The predicted octanol–water partition coefficient (Wildman–Crippen LogP) is 1.88. The highest BCUT2D eigenvalue weighted by atomic mass is 16.4. The Labute approximate surface area is 137 Å². The quantitative estimate of drug-likeness (QED) is 0.856. The minimum absolute atomic E-state index is 0.0854. The van der Waals surface area contributed by atoms with Gasteiger partial charge in [-0.2, -0.15) is 0 Å². The molecule has 1 atom stereocenters. The molecule has 130 valence electrons. The number of amides is 2. The minimum Gasteiger partial charge on any atom is -0.480 e. The predicted molar refractivity (Wildman–Crippen MR) is 85.8 cm³/mol. The summed E-state index contributed by atoms with van der Waals surface area (Å²) in [5, 5.41) is 8.99. The summed E-state index contributed by atoms with van der Waals surface area (Å²) in [5.74, 6) is -0.959. The standard InChI is InChI=1S/C17H28N2O4/c1-13(20)19(12-15(21)22)14-6-5-10-18(11-7-14)16(23)17(2)8-3-4-9-17/h14H,3-12H2,1-2H3,(H,21,22). The topological polar surface area (TPSA) is 77.9 Å². The maximum atomic E-state index is 12.8. The molecule has 2 rings (SSSR count). The van der Waals surface area contributed by atoms with E-state index in [-0.39, 0.29) is 29.8 Å². The summed E-state index contributed by atoms with van der Waals surface area (Å²) in [7, 11) is 0. The molecule has 2 aliphatic rings. The molecule has 2 amide bonds. The zero-order valence-corrected chi connectivity index (χ0v) is 14.2. The Bertz CT molecular complexity index is 471. The summed E-state index contributed by atoms with van der Waals surface area (Å²) < 4.78 is 0. The monoisotopic (exact) mass is 324 g/mol. The number of rotatable bonds is 4. The normalized spacial score (nSPS) is 24.1. The lowest BCUT2D eigenvalue weighted by Crippen LogP contribution is -2.44. The maximum absolute atomic E-state index is 12.8. The number of likely N-dealkylation sites (tertiary alicyclic amines) is 1. The molecule has 1 aliphatic carbocycles. The molecule has 0 aromatic rings. The fraction of sp³-hybridized carbons (Fsp3) is 0.824. The van der Waals surface area contributed by atoms with Crippen molar-refractivity contribution in [3.63, 3.8) is 0 Å². The van der Waals surface area contributed by atoms with Crippen LogP contribution in [0.25, 0.3) is 0 Å². The van der Waals surface area contributed by atoms with E-state index in [2.05, 4.69) is 6.92 Å². The number of hydrogen-bond acceptors (Lipinski definition) is 3. The van der Waals surface area contributed by atoms with Crippen LogP contribution in [0.1, 0.15) is 58.8 Å². The number of carboxylic acids is 1. The molecule has 1 heterocycles. The van der Waals surface area contributed by atoms with Gasteiger partial charge in [-0.1, -0.05) is 19.8 Å². The molecule has 6 nitrogen and oxygen atoms in total. The van der Waals surface area contributed by atoms with Crippen molar-refractivity contribution in [3.05, 3.63) is 0 Å². The van der Waals surface area contributed by atoms with Gasteiger partial charge < -0.3 is 14.9 Å². The van der Waals surface area contributed by atoms with Crippen LogP contribution in [0.15, 0.2) is 0 Å². The first-order valence-corrected chi connectivity index (χ1v) is 8.62. The lowest BCUT2D eigenvalue weighted by molar-refractivity contribution is -0.145. The van der Waals surface area contributed by atoms with E-state index in [1.807, 2.05) is 4.90 Å². The van der Waals surface area contributed by atoms with Crippen LogP contribution in [-0.4, -0.2) is 58.4 Å². The number of carbonyl (C=O) groups excluding carboxylic acids is 2. The first-order chi connectivity index (χ1) is 10.8. The van der Waals surface area contributed by atoms with Gasteiger partial charge in [-0.25, -0.2) is 0 Å². The molecule has 1 aliphatic heterocycles. The summed E-state index contributed by atoms with van der Waals surface area (Å²) in [4.78, 5) is 38.9. The number of aliphatic carboxylic acids is 1. The fourth-order valence-corrected chi connectivity index (χ4v) is 3.99. The molecule has 1 unspecified atom stereocenters. The van der Waals surface area contributed by atoms with Crippen LogP contribution >= 0.6 is 0 Å². The summed E-state index contributed by atoms with van der Waals surface area (Å²) in [6.07, 6.45) is 6.40. The summed E-state index contributed by atoms with van der Waals surface area (Å²) in [6.45, 7) is 4.55. The third-order valence-electron chi connectivity index (χ3n) is 5.36. The molecule has 0 aromatic heterocycles. The van der Waals surface area contributed by atoms with Crippen LogP contribution in [-0.2, 0) is 14.4 Å².